The number of piperidine rings is 1. The third-order valence-electron chi connectivity index (χ3n) is 3.80. The zero-order valence-corrected chi connectivity index (χ0v) is 10.8. The minimum Gasteiger partial charge on any atom is -0.334 e. The highest BCUT2D eigenvalue weighted by Crippen LogP contribution is 2.19. The smallest absolute Gasteiger partial charge is 0.255 e. The number of carbonyl (C=O) groups is 1. The van der Waals surface area contributed by atoms with E-state index in [-0.39, 0.29) is 11.9 Å². The number of nitrogens with zero attached hydrogens (tertiary/aromatic N) is 3. The average molecular weight is 258 g/mol. The van der Waals surface area contributed by atoms with Gasteiger partial charge in [0.1, 0.15) is 5.65 Å². The normalized spacial score (nSPS) is 19.8. The Labute approximate surface area is 112 Å². The summed E-state index contributed by atoms with van der Waals surface area (Å²) in [4.78, 5) is 18.7. The molecule has 1 aliphatic rings. The zero-order chi connectivity index (χ0) is 13.2. The summed E-state index contributed by atoms with van der Waals surface area (Å²) in [5, 5.41) is 0. The number of amides is 1. The van der Waals surface area contributed by atoms with Gasteiger partial charge in [0.05, 0.1) is 5.56 Å². The van der Waals surface area contributed by atoms with E-state index in [0.29, 0.717) is 12.1 Å². The molecule has 5 heteroatoms. The molecule has 0 radical (unpaired) electrons. The van der Waals surface area contributed by atoms with Crippen LogP contribution in [0.2, 0.25) is 0 Å². The van der Waals surface area contributed by atoms with Gasteiger partial charge in [-0.25, -0.2) is 4.98 Å². The SMILES string of the molecule is NCC1CCCCN1C(=O)c1ccc2nccn2c1. The second kappa shape index (κ2) is 5.01. The topological polar surface area (TPSA) is 63.6 Å². The van der Waals surface area contributed by atoms with Crippen LogP contribution in [0.25, 0.3) is 5.65 Å². The van der Waals surface area contributed by atoms with Crippen LogP contribution in [-0.2, 0) is 0 Å². The van der Waals surface area contributed by atoms with E-state index >= 15 is 0 Å². The quantitative estimate of drug-likeness (QED) is 0.882. The highest BCUT2D eigenvalue weighted by atomic mass is 16.2. The monoisotopic (exact) mass is 258 g/mol. The van der Waals surface area contributed by atoms with Crippen LogP contribution >= 0.6 is 0 Å². The zero-order valence-electron chi connectivity index (χ0n) is 10.8. The van der Waals surface area contributed by atoms with Gasteiger partial charge in [0, 0.05) is 37.7 Å². The lowest BCUT2D eigenvalue weighted by Gasteiger charge is -2.35. The van der Waals surface area contributed by atoms with Crippen molar-refractivity contribution in [3.8, 4) is 0 Å². The lowest BCUT2D eigenvalue weighted by atomic mass is 10.0. The second-order valence-electron chi connectivity index (χ2n) is 4.99. The van der Waals surface area contributed by atoms with E-state index in [1.165, 1.54) is 0 Å². The molecular weight excluding hydrogens is 240 g/mol. The summed E-state index contributed by atoms with van der Waals surface area (Å²) in [6, 6.07) is 3.89. The Morgan fingerprint density at radius 3 is 3.16 bits per heavy atom. The maximum Gasteiger partial charge on any atom is 0.255 e. The fourth-order valence-electron chi connectivity index (χ4n) is 2.73. The van der Waals surface area contributed by atoms with E-state index in [2.05, 4.69) is 4.98 Å². The Balaban J connectivity index is 1.89. The highest BCUT2D eigenvalue weighted by molar-refractivity contribution is 5.94. The summed E-state index contributed by atoms with van der Waals surface area (Å²) in [5.74, 6) is 0.0748. The third kappa shape index (κ3) is 2.21. The summed E-state index contributed by atoms with van der Waals surface area (Å²) in [6.07, 6.45) is 8.65. The van der Waals surface area contributed by atoms with Crippen molar-refractivity contribution < 1.29 is 4.79 Å². The van der Waals surface area contributed by atoms with Crippen LogP contribution in [0.4, 0.5) is 0 Å². The highest BCUT2D eigenvalue weighted by Gasteiger charge is 2.26. The van der Waals surface area contributed by atoms with Crippen molar-refractivity contribution in [2.45, 2.75) is 25.3 Å². The molecule has 0 bridgehead atoms. The first kappa shape index (κ1) is 12.2. The van der Waals surface area contributed by atoms with E-state index in [4.69, 9.17) is 5.73 Å². The van der Waals surface area contributed by atoms with Crippen molar-refractivity contribution in [3.63, 3.8) is 0 Å². The summed E-state index contributed by atoms with van der Waals surface area (Å²) in [5.41, 5.74) is 7.33. The molecule has 1 aliphatic heterocycles. The molecular formula is C14H18N4O. The Kier molecular flexibility index (Phi) is 3.21. The Morgan fingerprint density at radius 1 is 1.42 bits per heavy atom. The molecule has 3 rings (SSSR count). The number of nitrogens with two attached hydrogens (primary N) is 1. The molecule has 0 aromatic carbocycles. The standard InChI is InChI=1S/C14H18N4O/c15-9-12-3-1-2-7-18(12)14(19)11-4-5-13-16-6-8-17(13)10-11/h4-6,8,10,12H,1-3,7,9,15H2. The van der Waals surface area contributed by atoms with Gasteiger partial charge in [0.15, 0.2) is 0 Å². The minimum atomic E-state index is 0.0748. The van der Waals surface area contributed by atoms with Crippen molar-refractivity contribution in [2.75, 3.05) is 13.1 Å². The largest absolute Gasteiger partial charge is 0.334 e. The number of pyridine rings is 1. The van der Waals surface area contributed by atoms with Crippen LogP contribution in [0.15, 0.2) is 30.7 Å². The van der Waals surface area contributed by atoms with E-state index in [9.17, 15) is 4.79 Å². The fraction of sp³-hybridized carbons (Fsp3) is 0.429. The van der Waals surface area contributed by atoms with E-state index in [1.54, 1.807) is 6.20 Å². The molecule has 1 unspecified atom stereocenters. The molecule has 1 atom stereocenters. The Hall–Kier alpha value is -1.88. The van der Waals surface area contributed by atoms with Gasteiger partial charge < -0.3 is 15.0 Å². The molecule has 2 aromatic rings. The van der Waals surface area contributed by atoms with Gasteiger partial charge in [-0.2, -0.15) is 0 Å². The number of carbonyl (C=O) groups excluding carboxylic acids is 1. The number of hydrogen-bond acceptors (Lipinski definition) is 3. The first-order valence-electron chi connectivity index (χ1n) is 6.73. The Bertz CT molecular complexity index is 592. The molecule has 1 saturated heterocycles. The molecule has 100 valence electrons. The van der Waals surface area contributed by atoms with E-state index in [1.807, 2.05) is 33.8 Å². The molecule has 5 nitrogen and oxygen atoms in total. The van der Waals surface area contributed by atoms with Gasteiger partial charge in [-0.3, -0.25) is 4.79 Å². The van der Waals surface area contributed by atoms with Gasteiger partial charge in [0.25, 0.3) is 5.91 Å². The van der Waals surface area contributed by atoms with Gasteiger partial charge in [-0.15, -0.1) is 0 Å². The van der Waals surface area contributed by atoms with Crippen molar-refractivity contribution in [1.82, 2.24) is 14.3 Å². The number of fused-ring (bicyclic) bond motifs is 1. The van der Waals surface area contributed by atoms with Crippen LogP contribution in [0.5, 0.6) is 0 Å². The van der Waals surface area contributed by atoms with Gasteiger partial charge in [-0.05, 0) is 31.4 Å². The number of aromatic nitrogens is 2. The third-order valence-corrected chi connectivity index (χ3v) is 3.80. The predicted octanol–water partition coefficient (Wildman–Crippen LogP) is 1.29. The molecule has 0 spiro atoms. The van der Waals surface area contributed by atoms with Crippen LogP contribution < -0.4 is 5.73 Å². The van der Waals surface area contributed by atoms with Gasteiger partial charge >= 0.3 is 0 Å². The van der Waals surface area contributed by atoms with E-state index in [0.717, 1.165) is 31.5 Å². The number of rotatable bonds is 2. The fourth-order valence-corrected chi connectivity index (χ4v) is 2.73. The maximum atomic E-state index is 12.6. The van der Waals surface area contributed by atoms with Crippen LogP contribution in [0.3, 0.4) is 0 Å². The molecule has 1 amide bonds. The van der Waals surface area contributed by atoms with Crippen molar-refractivity contribution in [3.05, 3.63) is 36.3 Å². The van der Waals surface area contributed by atoms with Crippen LogP contribution in [0.1, 0.15) is 29.6 Å². The molecule has 2 aromatic heterocycles. The summed E-state index contributed by atoms with van der Waals surface area (Å²) < 4.78 is 1.87. The Morgan fingerprint density at radius 2 is 2.32 bits per heavy atom. The molecule has 0 saturated carbocycles. The summed E-state index contributed by atoms with van der Waals surface area (Å²) >= 11 is 0. The number of hydrogen-bond donors (Lipinski definition) is 1. The number of likely N-dealkylation sites (tertiary alicyclic amines) is 1. The molecule has 1 fully saturated rings. The minimum absolute atomic E-state index is 0.0748. The molecule has 0 aliphatic carbocycles. The molecule has 2 N–H and O–H groups in total. The van der Waals surface area contributed by atoms with Crippen molar-refractivity contribution >= 4 is 11.6 Å². The van der Waals surface area contributed by atoms with Crippen LogP contribution in [-0.4, -0.2) is 39.3 Å². The predicted molar refractivity (Wildman–Crippen MR) is 72.9 cm³/mol. The van der Waals surface area contributed by atoms with Crippen molar-refractivity contribution in [2.24, 2.45) is 5.73 Å². The van der Waals surface area contributed by atoms with Crippen molar-refractivity contribution in [1.29, 1.82) is 0 Å². The molecule has 19 heavy (non-hydrogen) atoms. The van der Waals surface area contributed by atoms with Gasteiger partial charge in [0.2, 0.25) is 0 Å². The summed E-state index contributed by atoms with van der Waals surface area (Å²) in [6.45, 7) is 1.35. The molecule has 3 heterocycles. The average Bonchev–Trinajstić information content (AvgIpc) is 2.93. The second-order valence-corrected chi connectivity index (χ2v) is 4.99. The summed E-state index contributed by atoms with van der Waals surface area (Å²) in [7, 11) is 0. The van der Waals surface area contributed by atoms with Gasteiger partial charge in [-0.1, -0.05) is 0 Å². The first-order chi connectivity index (χ1) is 9.29. The number of imidazole rings is 1. The lowest BCUT2D eigenvalue weighted by molar-refractivity contribution is 0.0623. The lowest BCUT2D eigenvalue weighted by Crippen LogP contribution is -2.47. The maximum absolute atomic E-state index is 12.6. The van der Waals surface area contributed by atoms with E-state index < -0.39 is 0 Å². The van der Waals surface area contributed by atoms with Crippen LogP contribution in [0, 0.1) is 0 Å². The first-order valence-corrected chi connectivity index (χ1v) is 6.73.